The Balaban J connectivity index is 1.24. The van der Waals surface area contributed by atoms with Gasteiger partial charge in [0.2, 0.25) is 11.2 Å². The number of nitrogens with one attached hydrogen (secondary N) is 3. The number of carbonyl (C=O) groups excluding carboxylic acids is 4. The van der Waals surface area contributed by atoms with E-state index in [2.05, 4.69) is 40.9 Å². The summed E-state index contributed by atoms with van der Waals surface area (Å²) in [5, 5.41) is 0.499. The number of ether oxygens (including phenoxy) is 1. The van der Waals surface area contributed by atoms with Gasteiger partial charge in [-0.15, -0.1) is 0 Å². The molecule has 2 aromatic heterocycles. The largest absolute Gasteiger partial charge is 0.426 e. The minimum atomic E-state index is -0.461. The molecule has 3 N–H and O–H groups in total. The standard InChI is InChI=1S/C44H23BrN6O6/c45-21-17-18-30-28(19-21)38(53)29-20-32(34-35(36(29)46-30)41(56)26-14-7-6-13-25(26)40(34)55)48-43-49-42(50-44(51-43)57-22-9-2-1-3-10-22)47-31-16-8-15-27-33(31)39(54)24-12-5-4-11-23(24)37(27)52/h1-20H,(H,46,53)(H2,47,48,49,50,51). The van der Waals surface area contributed by atoms with Gasteiger partial charge in [-0.1, -0.05) is 94.8 Å². The van der Waals surface area contributed by atoms with Gasteiger partial charge in [0.1, 0.15) is 5.75 Å². The molecule has 0 unspecified atom stereocenters. The number of benzene rings is 6. The highest BCUT2D eigenvalue weighted by molar-refractivity contribution is 9.10. The number of halogens is 1. The van der Waals surface area contributed by atoms with E-state index in [4.69, 9.17) is 9.73 Å². The Labute approximate surface area is 328 Å². The first kappa shape index (κ1) is 33.9. The molecular formula is C44H23BrN6O6. The monoisotopic (exact) mass is 810 g/mol. The maximum atomic E-state index is 14.4. The molecule has 12 nitrogen and oxygen atoms in total. The summed E-state index contributed by atoms with van der Waals surface area (Å²) in [5.74, 6) is -1.17. The second-order valence-electron chi connectivity index (χ2n) is 13.3. The van der Waals surface area contributed by atoms with Crippen LogP contribution in [-0.2, 0) is 0 Å². The second-order valence-corrected chi connectivity index (χ2v) is 14.2. The van der Waals surface area contributed by atoms with Gasteiger partial charge < -0.3 is 9.72 Å². The lowest BCUT2D eigenvalue weighted by molar-refractivity contribution is 0.0979. The molecule has 2 aliphatic carbocycles. The van der Waals surface area contributed by atoms with Crippen molar-refractivity contribution in [3.8, 4) is 11.8 Å². The molecule has 0 aliphatic heterocycles. The number of H-pyrrole nitrogens is 3. The number of hydrogen-bond acceptors (Lipinski definition) is 9. The van der Waals surface area contributed by atoms with E-state index in [0.717, 1.165) is 0 Å². The molecule has 10 rings (SSSR count). The predicted octanol–water partition coefficient (Wildman–Crippen LogP) is 7.30. The number of ketones is 4. The second kappa shape index (κ2) is 13.0. The number of aromatic nitrogens is 4. The number of nitrogens with zero attached hydrogens (tertiary/aromatic N) is 3. The zero-order valence-electron chi connectivity index (χ0n) is 29.2. The zero-order chi connectivity index (χ0) is 38.9. The topological polar surface area (TPSA) is 180 Å². The molecule has 0 saturated heterocycles. The van der Waals surface area contributed by atoms with Crippen molar-refractivity contribution in [1.29, 1.82) is 0 Å². The van der Waals surface area contributed by atoms with Gasteiger partial charge in [0.15, 0.2) is 28.6 Å². The molecule has 0 radical (unpaired) electrons. The molecule has 272 valence electrons. The summed E-state index contributed by atoms with van der Waals surface area (Å²) in [7, 11) is 0. The predicted molar refractivity (Wildman–Crippen MR) is 213 cm³/mol. The van der Waals surface area contributed by atoms with E-state index < -0.39 is 11.6 Å². The van der Waals surface area contributed by atoms with Crippen LogP contribution in [0.3, 0.4) is 0 Å². The molecule has 2 aliphatic rings. The molecule has 8 aromatic rings. The summed E-state index contributed by atoms with van der Waals surface area (Å²) >= 11 is 3.44. The first-order valence-corrected chi connectivity index (χ1v) is 18.4. The highest BCUT2D eigenvalue weighted by Gasteiger charge is 2.35. The molecule has 0 amide bonds. The van der Waals surface area contributed by atoms with Gasteiger partial charge in [0.25, 0.3) is 0 Å². The van der Waals surface area contributed by atoms with E-state index in [1.165, 1.54) is 6.07 Å². The van der Waals surface area contributed by atoms with Crippen molar-refractivity contribution in [2.75, 3.05) is 0 Å². The summed E-state index contributed by atoms with van der Waals surface area (Å²) < 4.78 is 6.75. The van der Waals surface area contributed by atoms with Crippen LogP contribution in [0.1, 0.15) is 63.7 Å². The van der Waals surface area contributed by atoms with E-state index in [9.17, 15) is 24.0 Å². The van der Waals surface area contributed by atoms with Crippen LogP contribution < -0.4 is 21.4 Å². The van der Waals surface area contributed by atoms with Gasteiger partial charge in [-0.3, -0.25) is 33.9 Å². The van der Waals surface area contributed by atoms with E-state index in [1.54, 1.807) is 109 Å². The Morgan fingerprint density at radius 3 is 1.88 bits per heavy atom. The smallest absolute Gasteiger partial charge is 0.305 e. The number of carbonyl (C=O) groups is 4. The third-order valence-corrected chi connectivity index (χ3v) is 10.4. The summed E-state index contributed by atoms with van der Waals surface area (Å²) in [6.07, 6.45) is 0. The van der Waals surface area contributed by atoms with Crippen LogP contribution in [-0.4, -0.2) is 43.1 Å². The molecule has 13 heteroatoms. The van der Waals surface area contributed by atoms with Crippen LogP contribution in [0.5, 0.6) is 11.8 Å². The summed E-state index contributed by atoms with van der Waals surface area (Å²) in [5.41, 5.74) is 1.64. The number of hydrogen-bond donors (Lipinski definition) is 3. The molecule has 0 fully saturated rings. The Morgan fingerprint density at radius 2 is 1.16 bits per heavy atom. The average Bonchev–Trinajstić information content (AvgIpc) is 3.22. The highest BCUT2D eigenvalue weighted by atomic mass is 79.9. The third kappa shape index (κ3) is 5.51. The zero-order valence-corrected chi connectivity index (χ0v) is 30.8. The fourth-order valence-electron chi connectivity index (χ4n) is 7.37. The minimum Gasteiger partial charge on any atom is -0.426 e. The number of aromatic amines is 3. The molecule has 0 bridgehead atoms. The van der Waals surface area contributed by atoms with Crippen molar-refractivity contribution >= 4 is 72.2 Å². The SMILES string of the molecule is O=C1c2ccccc2C(=O)c2c(N=c3nc(Oc4ccccc4)[nH]c(=Nc4cc5c(=O)c6cc(Br)ccc6[nH]c5c5c4C(=O)c4ccccc4C5=O)[nH]3)cccc21. The Hall–Kier alpha value is -7.64. The first-order chi connectivity index (χ1) is 27.7. The number of pyridine rings is 1. The summed E-state index contributed by atoms with van der Waals surface area (Å²) in [6.45, 7) is 0. The maximum Gasteiger partial charge on any atom is 0.305 e. The van der Waals surface area contributed by atoms with Crippen molar-refractivity contribution in [3.05, 3.63) is 192 Å². The first-order valence-electron chi connectivity index (χ1n) is 17.6. The van der Waals surface area contributed by atoms with E-state index >= 15 is 0 Å². The van der Waals surface area contributed by atoms with Crippen LogP contribution in [0.15, 0.2) is 141 Å². The molecule has 6 aromatic carbocycles. The van der Waals surface area contributed by atoms with Crippen molar-refractivity contribution in [1.82, 2.24) is 19.9 Å². The van der Waals surface area contributed by atoms with Crippen LogP contribution in [0.25, 0.3) is 21.8 Å². The lowest BCUT2D eigenvalue weighted by Gasteiger charge is -2.21. The normalized spacial score (nSPS) is 13.8. The Bertz CT molecular complexity index is 3350. The van der Waals surface area contributed by atoms with Gasteiger partial charge in [0.05, 0.1) is 33.6 Å². The van der Waals surface area contributed by atoms with Gasteiger partial charge in [-0.2, -0.15) is 4.98 Å². The number of rotatable bonds is 4. The van der Waals surface area contributed by atoms with Gasteiger partial charge >= 0.3 is 6.01 Å². The Kier molecular flexibility index (Phi) is 7.73. The highest BCUT2D eigenvalue weighted by Crippen LogP contribution is 2.38. The van der Waals surface area contributed by atoms with Crippen LogP contribution in [0.4, 0.5) is 11.4 Å². The fourth-order valence-corrected chi connectivity index (χ4v) is 7.73. The van der Waals surface area contributed by atoms with Crippen LogP contribution in [0, 0.1) is 0 Å². The van der Waals surface area contributed by atoms with Crippen molar-refractivity contribution in [2.24, 2.45) is 9.98 Å². The lowest BCUT2D eigenvalue weighted by atomic mass is 9.81. The van der Waals surface area contributed by atoms with Gasteiger partial charge in [-0.05, 0) is 42.5 Å². The Morgan fingerprint density at radius 1 is 0.526 bits per heavy atom. The third-order valence-electron chi connectivity index (χ3n) is 9.92. The minimum absolute atomic E-state index is 0.00924. The van der Waals surface area contributed by atoms with Crippen LogP contribution in [0.2, 0.25) is 0 Å². The van der Waals surface area contributed by atoms with E-state index in [0.29, 0.717) is 26.7 Å². The van der Waals surface area contributed by atoms with Crippen molar-refractivity contribution in [3.63, 3.8) is 0 Å². The molecule has 57 heavy (non-hydrogen) atoms. The molecule has 0 spiro atoms. The molecular weight excluding hydrogens is 788 g/mol. The fraction of sp³-hybridized carbons (Fsp3) is 0. The van der Waals surface area contributed by atoms with Crippen molar-refractivity contribution in [2.45, 2.75) is 0 Å². The van der Waals surface area contributed by atoms with Crippen LogP contribution >= 0.6 is 15.9 Å². The number of para-hydroxylation sites is 1. The van der Waals surface area contributed by atoms with Gasteiger partial charge in [-0.25, -0.2) is 9.98 Å². The summed E-state index contributed by atoms with van der Waals surface area (Å²) in [6, 6.07) is 33.3. The molecule has 0 saturated carbocycles. The maximum absolute atomic E-state index is 14.4. The summed E-state index contributed by atoms with van der Waals surface area (Å²) in [4.78, 5) is 93.3. The quantitative estimate of drug-likeness (QED) is 0.156. The molecule has 0 atom stereocenters. The van der Waals surface area contributed by atoms with E-state index in [1.807, 2.05) is 6.07 Å². The number of fused-ring (bicyclic) bond motifs is 7. The van der Waals surface area contributed by atoms with Gasteiger partial charge in [0, 0.05) is 48.6 Å². The van der Waals surface area contributed by atoms with Crippen molar-refractivity contribution < 1.29 is 23.9 Å². The lowest BCUT2D eigenvalue weighted by Crippen LogP contribution is -2.28. The average molecular weight is 812 g/mol. The molecule has 2 heterocycles. The van der Waals surface area contributed by atoms with E-state index in [-0.39, 0.29) is 95.5 Å².